The van der Waals surface area contributed by atoms with Crippen molar-refractivity contribution in [3.63, 3.8) is 0 Å². The quantitative estimate of drug-likeness (QED) is 0.0737. The van der Waals surface area contributed by atoms with E-state index in [2.05, 4.69) is 25.2 Å². The summed E-state index contributed by atoms with van der Waals surface area (Å²) in [4.78, 5) is 32.8. The Hall–Kier alpha value is -1.54. The maximum Gasteiger partial charge on any atom is 1.00 e. The van der Waals surface area contributed by atoms with Gasteiger partial charge in [0.15, 0.2) is 0 Å². The summed E-state index contributed by atoms with van der Waals surface area (Å²) in [6.45, 7) is 6.46. The largest absolute Gasteiger partial charge is 1.00 e. The van der Waals surface area contributed by atoms with Gasteiger partial charge in [0.1, 0.15) is 0 Å². The molecule has 0 radical (unpaired) electrons. The number of aliphatic carboxylic acids is 1. The van der Waals surface area contributed by atoms with Gasteiger partial charge in [-0.2, -0.15) is 8.42 Å². The van der Waals surface area contributed by atoms with Gasteiger partial charge in [-0.3, -0.25) is 23.5 Å². The molecule has 3 rings (SSSR count). The van der Waals surface area contributed by atoms with Crippen molar-refractivity contribution in [1.82, 2.24) is 0 Å². The number of allylic oxidation sites excluding steroid dienone is 6. The van der Waals surface area contributed by atoms with Gasteiger partial charge in [-0.25, -0.2) is 0 Å². The number of carbonyl (C=O) groups is 3. The predicted octanol–water partition coefficient (Wildman–Crippen LogP) is 5.35. The topological polar surface area (TPSA) is 194 Å². The van der Waals surface area contributed by atoms with Crippen LogP contribution in [-0.4, -0.2) is 58.7 Å². The Morgan fingerprint density at radius 3 is 1.45 bits per heavy atom. The molecule has 0 aliphatic heterocycles. The molecular formula is C34H59NaO11S. The minimum atomic E-state index is -4.67. The monoisotopic (exact) mass is 698 g/mol. The molecule has 3 aliphatic rings. The number of carboxylic acids is 1. The third-order valence-corrected chi connectivity index (χ3v) is 7.24. The van der Waals surface area contributed by atoms with Gasteiger partial charge in [-0.1, -0.05) is 48.3 Å². The van der Waals surface area contributed by atoms with Crippen LogP contribution < -0.4 is 29.6 Å². The summed E-state index contributed by atoms with van der Waals surface area (Å²) < 4.78 is 41.8. The third-order valence-electron chi connectivity index (χ3n) is 7.24. The number of ether oxygens (including phenoxy) is 2. The predicted molar refractivity (Wildman–Crippen MR) is 178 cm³/mol. The molecule has 0 heterocycles. The molecule has 11 nitrogen and oxygen atoms in total. The fourth-order valence-electron chi connectivity index (χ4n) is 4.91. The van der Waals surface area contributed by atoms with Crippen molar-refractivity contribution in [2.24, 2.45) is 0 Å². The summed E-state index contributed by atoms with van der Waals surface area (Å²) in [6, 6.07) is 0. The van der Waals surface area contributed by atoms with Crippen LogP contribution in [0.3, 0.4) is 0 Å². The average Bonchev–Trinajstić information content (AvgIpc) is 2.99. The molecule has 13 heteroatoms. The van der Waals surface area contributed by atoms with Crippen molar-refractivity contribution in [1.29, 1.82) is 0 Å². The summed E-state index contributed by atoms with van der Waals surface area (Å²) in [5.74, 6) is -0.780. The van der Waals surface area contributed by atoms with E-state index >= 15 is 0 Å². The van der Waals surface area contributed by atoms with E-state index in [0.29, 0.717) is 25.9 Å². The standard InChI is InChI=1S/C13H22O2.C12H20O2.C9H14O2.Na.H2O4S.H2O/c1-2-3-11-15-13(14)10-9-12-7-5-4-6-8-12;1-10(2)14-12(13)9-8-11-6-4-3-5-7-11;10-9(11)7-6-8-4-2-1-3-5-8;;1-5(2,3)4;/h7H,2-6,8-11H2,1H3;6,10H,3-5,7-9H2,1-2H3;4H,1-3,5-7H2,(H,10,11);;(H2,1,2,3,4);1H2/q;;;+1;;/p-1. The fourth-order valence-corrected chi connectivity index (χ4v) is 4.91. The van der Waals surface area contributed by atoms with Crippen molar-refractivity contribution < 1.29 is 81.5 Å². The van der Waals surface area contributed by atoms with Crippen LogP contribution in [0.15, 0.2) is 34.9 Å². The van der Waals surface area contributed by atoms with E-state index in [4.69, 9.17) is 32.1 Å². The minimum absolute atomic E-state index is 0. The second-order valence-corrected chi connectivity index (χ2v) is 12.7. The number of carboxylic acid groups (broad SMARTS) is 1. The van der Waals surface area contributed by atoms with E-state index < -0.39 is 16.4 Å². The number of hydrogen-bond acceptors (Lipinski definition) is 8. The van der Waals surface area contributed by atoms with Gasteiger partial charge in [-0.05, 0) is 117 Å². The van der Waals surface area contributed by atoms with E-state index in [1.54, 1.807) is 0 Å². The summed E-state index contributed by atoms with van der Waals surface area (Å²) in [7, 11) is -4.67. The zero-order chi connectivity index (χ0) is 33.9. The Labute approximate surface area is 305 Å². The number of hydrogen-bond donors (Lipinski definition) is 3. The minimum Gasteiger partial charge on any atom is -0.870 e. The smallest absolute Gasteiger partial charge is 0.870 e. The van der Waals surface area contributed by atoms with Crippen LogP contribution in [-0.2, 0) is 34.3 Å². The van der Waals surface area contributed by atoms with Gasteiger partial charge in [-0.15, -0.1) is 0 Å². The Morgan fingerprint density at radius 2 is 1.13 bits per heavy atom. The molecular weight excluding hydrogens is 639 g/mol. The van der Waals surface area contributed by atoms with E-state index in [1.807, 2.05) is 13.8 Å². The summed E-state index contributed by atoms with van der Waals surface area (Å²) in [6.07, 6.45) is 27.5. The normalized spacial score (nSPS) is 15.4. The molecule has 47 heavy (non-hydrogen) atoms. The number of unbranched alkanes of at least 4 members (excludes halogenated alkanes) is 1. The third kappa shape index (κ3) is 37.1. The molecule has 4 N–H and O–H groups in total. The first-order valence-corrected chi connectivity index (χ1v) is 18.0. The molecule has 0 saturated heterocycles. The molecule has 0 saturated carbocycles. The maximum absolute atomic E-state index is 11.3. The van der Waals surface area contributed by atoms with Crippen LogP contribution in [0.2, 0.25) is 0 Å². The summed E-state index contributed by atoms with van der Waals surface area (Å²) in [5, 5.41) is 8.42. The van der Waals surface area contributed by atoms with E-state index in [1.165, 1.54) is 80.9 Å². The molecule has 0 aromatic heterocycles. The van der Waals surface area contributed by atoms with Crippen LogP contribution in [0.5, 0.6) is 0 Å². The molecule has 0 amide bonds. The molecule has 0 unspecified atom stereocenters. The maximum atomic E-state index is 11.3. The van der Waals surface area contributed by atoms with Crippen molar-refractivity contribution in [3.05, 3.63) is 34.9 Å². The van der Waals surface area contributed by atoms with E-state index in [0.717, 1.165) is 44.9 Å². The zero-order valence-corrected chi connectivity index (χ0v) is 32.0. The van der Waals surface area contributed by atoms with E-state index in [-0.39, 0.29) is 53.1 Å². The molecule has 0 bridgehead atoms. The molecule has 0 fully saturated rings. The van der Waals surface area contributed by atoms with Crippen molar-refractivity contribution in [3.8, 4) is 0 Å². The van der Waals surface area contributed by atoms with Crippen LogP contribution in [0.25, 0.3) is 0 Å². The SMILES string of the molecule is CC(C)OC(=O)CCC1=CCCCC1.CCCCOC(=O)CCC1=CCCCC1.O=C(O)CCC1=CCCCC1.O=S(=O)(O)O.[Na+].[OH-]. The van der Waals surface area contributed by atoms with Crippen LogP contribution >= 0.6 is 0 Å². The van der Waals surface area contributed by atoms with Gasteiger partial charge in [0.25, 0.3) is 0 Å². The molecule has 268 valence electrons. The average molecular weight is 699 g/mol. The van der Waals surface area contributed by atoms with Crippen LogP contribution in [0.1, 0.15) is 149 Å². The van der Waals surface area contributed by atoms with Gasteiger partial charge in [0, 0.05) is 19.3 Å². The van der Waals surface area contributed by atoms with E-state index in [9.17, 15) is 14.4 Å². The van der Waals surface area contributed by atoms with Gasteiger partial charge in [0.05, 0.1) is 12.7 Å². The van der Waals surface area contributed by atoms with Crippen molar-refractivity contribution in [2.45, 2.75) is 155 Å². The molecule has 0 atom stereocenters. The first kappa shape index (κ1) is 49.8. The Bertz CT molecular complexity index is 1040. The molecule has 3 aliphatic carbocycles. The van der Waals surface area contributed by atoms with Crippen molar-refractivity contribution in [2.75, 3.05) is 6.61 Å². The number of carbonyl (C=O) groups excluding carboxylic acids is 2. The molecule has 0 aromatic rings. The first-order valence-electron chi connectivity index (χ1n) is 16.6. The first-order chi connectivity index (χ1) is 21.3. The Morgan fingerprint density at radius 1 is 0.745 bits per heavy atom. The van der Waals surface area contributed by atoms with Crippen molar-refractivity contribution >= 4 is 28.3 Å². The van der Waals surface area contributed by atoms with Crippen LogP contribution in [0.4, 0.5) is 0 Å². The zero-order valence-electron chi connectivity index (χ0n) is 29.2. The second-order valence-electron chi connectivity index (χ2n) is 11.8. The van der Waals surface area contributed by atoms with Gasteiger partial charge in [0.2, 0.25) is 0 Å². The van der Waals surface area contributed by atoms with Gasteiger partial charge < -0.3 is 20.1 Å². The molecule has 0 aromatic carbocycles. The fraction of sp³-hybridized carbons (Fsp3) is 0.735. The number of rotatable bonds is 13. The summed E-state index contributed by atoms with van der Waals surface area (Å²) in [5.41, 5.74) is 4.24. The number of esters is 2. The summed E-state index contributed by atoms with van der Waals surface area (Å²) >= 11 is 0. The Kier molecular flexibility index (Phi) is 33.6. The Balaban J connectivity index is -0.000000569. The van der Waals surface area contributed by atoms with Gasteiger partial charge >= 0.3 is 57.9 Å². The second kappa shape index (κ2) is 31.7. The molecule has 0 spiro atoms. The van der Waals surface area contributed by atoms with Crippen LogP contribution in [0, 0.1) is 0 Å².